The Hall–Kier alpha value is -2.93. The molecule has 1 fully saturated rings. The van der Waals surface area contributed by atoms with Crippen LogP contribution in [0.4, 0.5) is 36.3 Å². The fraction of sp³-hybridized carbons (Fsp3) is 0.500. The molecular weight excluding hydrogens is 485 g/mol. The van der Waals surface area contributed by atoms with Crippen LogP contribution in [0, 0.1) is 6.92 Å². The van der Waals surface area contributed by atoms with Crippen LogP contribution in [0.15, 0.2) is 24.4 Å². The summed E-state index contributed by atoms with van der Waals surface area (Å²) >= 11 is 0. The number of amides is 1. The highest BCUT2D eigenvalue weighted by Crippen LogP contribution is 2.36. The van der Waals surface area contributed by atoms with Crippen LogP contribution in [-0.2, 0) is 21.0 Å². The number of rotatable bonds is 7. The lowest BCUT2D eigenvalue weighted by Crippen LogP contribution is -2.49. The van der Waals surface area contributed by atoms with Crippen LogP contribution in [0.25, 0.3) is 0 Å². The van der Waals surface area contributed by atoms with E-state index in [1.807, 2.05) is 0 Å². The number of aryl methyl sites for hydroxylation is 1. The molecule has 192 valence electrons. The van der Waals surface area contributed by atoms with Gasteiger partial charge in [-0.05, 0) is 43.5 Å². The van der Waals surface area contributed by atoms with Gasteiger partial charge in [0.1, 0.15) is 11.4 Å². The molecule has 1 aromatic carbocycles. The predicted octanol–water partition coefficient (Wildman–Crippen LogP) is 4.12. The summed E-state index contributed by atoms with van der Waals surface area (Å²) in [5.74, 6) is -0.700. The van der Waals surface area contributed by atoms with E-state index in [-0.39, 0.29) is 11.9 Å². The molecule has 0 bridgehead atoms. The van der Waals surface area contributed by atoms with Crippen LogP contribution < -0.4 is 16.0 Å². The summed E-state index contributed by atoms with van der Waals surface area (Å²) in [6.07, 6.45) is -0.371. The van der Waals surface area contributed by atoms with Gasteiger partial charge in [-0.15, -0.1) is 0 Å². The van der Waals surface area contributed by atoms with Gasteiger partial charge in [-0.25, -0.2) is 17.7 Å². The summed E-state index contributed by atoms with van der Waals surface area (Å²) in [7, 11) is -2.10. The monoisotopic (exact) mass is 514 g/mol. The average molecular weight is 515 g/mol. The number of carbonyl (C=O) groups is 1. The zero-order valence-electron chi connectivity index (χ0n) is 19.9. The minimum atomic E-state index is -4.70. The Morgan fingerprint density at radius 3 is 2.49 bits per heavy atom. The number of anilines is 4. The molecule has 3 N–H and O–H groups in total. The van der Waals surface area contributed by atoms with Crippen LogP contribution in [0.5, 0.6) is 0 Å². The van der Waals surface area contributed by atoms with Gasteiger partial charge in [-0.3, -0.25) is 4.79 Å². The van der Waals surface area contributed by atoms with Crippen LogP contribution in [-0.4, -0.2) is 54.0 Å². The van der Waals surface area contributed by atoms with Gasteiger partial charge < -0.3 is 16.0 Å². The van der Waals surface area contributed by atoms with Gasteiger partial charge in [0, 0.05) is 43.6 Å². The first-order chi connectivity index (χ1) is 16.3. The van der Waals surface area contributed by atoms with E-state index < -0.39 is 39.7 Å². The van der Waals surface area contributed by atoms with Gasteiger partial charge in [0.25, 0.3) is 0 Å². The molecule has 0 aliphatic heterocycles. The second kappa shape index (κ2) is 10.4. The van der Waals surface area contributed by atoms with Crippen LogP contribution >= 0.6 is 0 Å². The molecule has 1 aliphatic rings. The van der Waals surface area contributed by atoms with E-state index in [0.717, 1.165) is 24.7 Å². The molecule has 1 heterocycles. The third-order valence-corrected chi connectivity index (χ3v) is 7.25. The van der Waals surface area contributed by atoms with Crippen LogP contribution in [0.2, 0.25) is 0 Å². The van der Waals surface area contributed by atoms with Crippen molar-refractivity contribution >= 4 is 39.1 Å². The number of likely N-dealkylation sites (N-methyl/N-ethyl adjacent to an activating group) is 1. The molecule has 2 aromatic rings. The summed E-state index contributed by atoms with van der Waals surface area (Å²) in [4.78, 5) is 19.2. The van der Waals surface area contributed by atoms with Crippen molar-refractivity contribution < 1.29 is 26.4 Å². The van der Waals surface area contributed by atoms with Gasteiger partial charge >= 0.3 is 6.18 Å². The number of halogens is 3. The number of sulfonamides is 1. The topological polar surface area (TPSA) is 116 Å². The fourth-order valence-corrected chi connectivity index (χ4v) is 4.84. The number of nitrogens with zero attached hydrogens (tertiary/aromatic N) is 3. The van der Waals surface area contributed by atoms with Crippen molar-refractivity contribution in [3.63, 3.8) is 0 Å². The van der Waals surface area contributed by atoms with Crippen molar-refractivity contribution in [2.75, 3.05) is 29.3 Å². The van der Waals surface area contributed by atoms with Crippen molar-refractivity contribution in [2.24, 2.45) is 0 Å². The maximum Gasteiger partial charge on any atom is 0.421 e. The lowest BCUT2D eigenvalue weighted by atomic mass is 9.90. The summed E-state index contributed by atoms with van der Waals surface area (Å²) < 4.78 is 66.5. The molecule has 2 atom stereocenters. The Kier molecular flexibility index (Phi) is 7.90. The molecule has 1 amide bonds. The summed E-state index contributed by atoms with van der Waals surface area (Å²) in [5, 5.41) is 8.44. The van der Waals surface area contributed by atoms with E-state index in [4.69, 9.17) is 0 Å². The zero-order valence-corrected chi connectivity index (χ0v) is 20.7. The average Bonchev–Trinajstić information content (AvgIpc) is 2.74. The van der Waals surface area contributed by atoms with E-state index in [9.17, 15) is 26.4 Å². The Balaban J connectivity index is 1.90. The molecule has 3 rings (SSSR count). The number of hydrogen-bond donors (Lipinski definition) is 3. The Morgan fingerprint density at radius 1 is 1.20 bits per heavy atom. The Labute approximate surface area is 202 Å². The standard InChI is InChI=1S/C22H29F3N6O3S/c1-13-11-15(9-10-17(13)27-14(2)32)28-21-26-12-16(22(23,24)25)20(30-21)29-18-7-5-6-8-19(18)31(3)35(4,33)34/h9-12,18-19H,5-8H2,1-4H3,(H,27,32)(H2,26,28,29,30)/t18-,19-/m1/s1. The van der Waals surface area contributed by atoms with Crippen LogP contribution in [0.3, 0.4) is 0 Å². The Bertz CT molecular complexity index is 1190. The van der Waals surface area contributed by atoms with Crippen LogP contribution in [0.1, 0.15) is 43.7 Å². The first-order valence-corrected chi connectivity index (χ1v) is 12.9. The summed E-state index contributed by atoms with van der Waals surface area (Å²) in [6, 6.07) is 3.96. The lowest BCUT2D eigenvalue weighted by Gasteiger charge is -2.37. The largest absolute Gasteiger partial charge is 0.421 e. The third kappa shape index (κ3) is 6.82. The molecule has 1 saturated carbocycles. The number of nitrogens with one attached hydrogen (secondary N) is 3. The number of aromatic nitrogens is 2. The van der Waals surface area contributed by atoms with E-state index in [1.165, 1.54) is 18.3 Å². The fourth-order valence-electron chi connectivity index (χ4n) is 4.10. The molecule has 35 heavy (non-hydrogen) atoms. The number of carbonyl (C=O) groups excluding carboxylic acids is 1. The number of benzene rings is 1. The molecule has 13 heteroatoms. The maximum atomic E-state index is 13.7. The quantitative estimate of drug-likeness (QED) is 0.509. The van der Waals surface area contributed by atoms with E-state index in [0.29, 0.717) is 30.4 Å². The van der Waals surface area contributed by atoms with E-state index >= 15 is 0 Å². The second-order valence-corrected chi connectivity index (χ2v) is 10.7. The number of alkyl halides is 3. The predicted molar refractivity (Wildman–Crippen MR) is 128 cm³/mol. The van der Waals surface area contributed by atoms with Gasteiger partial charge in [0.05, 0.1) is 6.26 Å². The van der Waals surface area contributed by atoms with Crippen molar-refractivity contribution in [3.05, 3.63) is 35.5 Å². The summed E-state index contributed by atoms with van der Waals surface area (Å²) in [6.45, 7) is 3.17. The van der Waals surface area contributed by atoms with Gasteiger partial charge in [0.2, 0.25) is 21.9 Å². The first-order valence-electron chi connectivity index (χ1n) is 11.0. The van der Waals surface area contributed by atoms with Crippen molar-refractivity contribution in [1.29, 1.82) is 0 Å². The smallest absolute Gasteiger partial charge is 0.365 e. The van der Waals surface area contributed by atoms with Gasteiger partial charge in [0.15, 0.2) is 0 Å². The molecule has 0 unspecified atom stereocenters. The normalized spacial score (nSPS) is 18.9. The molecule has 0 saturated heterocycles. The van der Waals surface area contributed by atoms with Crippen molar-refractivity contribution in [1.82, 2.24) is 14.3 Å². The highest BCUT2D eigenvalue weighted by Gasteiger charge is 2.38. The lowest BCUT2D eigenvalue weighted by molar-refractivity contribution is -0.137. The maximum absolute atomic E-state index is 13.7. The van der Waals surface area contributed by atoms with Crippen molar-refractivity contribution in [3.8, 4) is 0 Å². The van der Waals surface area contributed by atoms with E-state index in [1.54, 1.807) is 25.1 Å². The molecular formula is C22H29F3N6O3S. The molecule has 1 aromatic heterocycles. The van der Waals surface area contributed by atoms with Gasteiger partial charge in [-0.2, -0.15) is 18.2 Å². The second-order valence-electron chi connectivity index (χ2n) is 8.67. The molecule has 9 nitrogen and oxygen atoms in total. The van der Waals surface area contributed by atoms with Gasteiger partial charge in [-0.1, -0.05) is 12.8 Å². The van der Waals surface area contributed by atoms with Crippen molar-refractivity contribution in [2.45, 2.75) is 57.8 Å². The first kappa shape index (κ1) is 26.7. The highest BCUT2D eigenvalue weighted by atomic mass is 32.2. The third-order valence-electron chi connectivity index (χ3n) is 5.93. The summed E-state index contributed by atoms with van der Waals surface area (Å²) in [5.41, 5.74) is 0.836. The zero-order chi connectivity index (χ0) is 26.0. The SMILES string of the molecule is CC(=O)Nc1ccc(Nc2ncc(C(F)(F)F)c(N[C@@H]3CCCC[C@H]3N(C)S(C)(=O)=O)n2)cc1C. The minimum Gasteiger partial charge on any atom is -0.365 e. The van der Waals surface area contributed by atoms with E-state index in [2.05, 4.69) is 25.9 Å². The minimum absolute atomic E-state index is 0.0593. The molecule has 0 spiro atoms. The number of hydrogen-bond acceptors (Lipinski definition) is 7. The highest BCUT2D eigenvalue weighted by molar-refractivity contribution is 7.88. The molecule has 1 aliphatic carbocycles. The Morgan fingerprint density at radius 2 is 1.89 bits per heavy atom. The molecule has 0 radical (unpaired) electrons.